The fourth-order valence-electron chi connectivity index (χ4n) is 4.48. The fourth-order valence-corrected chi connectivity index (χ4v) is 4.67. The number of Topliss-reactive ketones (excluding diaryl/α,β-unsaturated/α-hetero) is 1. The van der Waals surface area contributed by atoms with Gasteiger partial charge < -0.3 is 20.1 Å². The first-order valence-electron chi connectivity index (χ1n) is 10.8. The molecule has 5 rings (SSSR count). The van der Waals surface area contributed by atoms with Crippen LogP contribution in [-0.2, 0) is 16.0 Å². The van der Waals surface area contributed by atoms with Crippen LogP contribution in [0.5, 0.6) is 5.75 Å². The Labute approximate surface area is 200 Å². The maximum absolute atomic E-state index is 13.1. The highest BCUT2D eigenvalue weighted by molar-refractivity contribution is 6.46. The molecule has 0 aliphatic carbocycles. The first kappa shape index (κ1) is 21.8. The van der Waals surface area contributed by atoms with Gasteiger partial charge in [0.25, 0.3) is 11.7 Å². The van der Waals surface area contributed by atoms with Crippen molar-refractivity contribution in [3.8, 4) is 5.75 Å². The summed E-state index contributed by atoms with van der Waals surface area (Å²) in [5, 5.41) is 22.3. The average molecular weight is 473 g/mol. The van der Waals surface area contributed by atoms with E-state index in [0.717, 1.165) is 16.5 Å². The minimum atomic E-state index is -0.801. The number of H-pyrrole nitrogens is 1. The third-order valence-corrected chi connectivity index (χ3v) is 6.38. The number of aromatic hydroxyl groups is 1. The van der Waals surface area contributed by atoms with Crippen LogP contribution in [-0.4, -0.2) is 38.3 Å². The van der Waals surface area contributed by atoms with E-state index in [1.165, 1.54) is 17.0 Å². The molecule has 170 valence electrons. The van der Waals surface area contributed by atoms with Gasteiger partial charge in [0.2, 0.25) is 0 Å². The summed E-state index contributed by atoms with van der Waals surface area (Å²) in [6, 6.07) is 19.9. The van der Waals surface area contributed by atoms with E-state index in [2.05, 4.69) is 4.98 Å². The van der Waals surface area contributed by atoms with Crippen molar-refractivity contribution in [2.24, 2.45) is 0 Å². The highest BCUT2D eigenvalue weighted by atomic mass is 35.5. The van der Waals surface area contributed by atoms with Gasteiger partial charge in [0.1, 0.15) is 11.5 Å². The number of hydrogen-bond donors (Lipinski definition) is 3. The zero-order valence-electron chi connectivity index (χ0n) is 18.0. The summed E-state index contributed by atoms with van der Waals surface area (Å²) in [4.78, 5) is 31.0. The van der Waals surface area contributed by atoms with E-state index in [9.17, 15) is 19.8 Å². The Kier molecular flexibility index (Phi) is 5.59. The molecule has 0 spiro atoms. The zero-order chi connectivity index (χ0) is 23.8. The average Bonchev–Trinajstić information content (AvgIpc) is 3.36. The number of hydrogen-bond acceptors (Lipinski definition) is 4. The Bertz CT molecular complexity index is 1440. The highest BCUT2D eigenvalue weighted by Crippen LogP contribution is 2.40. The second-order valence-corrected chi connectivity index (χ2v) is 8.64. The summed E-state index contributed by atoms with van der Waals surface area (Å²) in [6.07, 6.45) is 2.42. The lowest BCUT2D eigenvalue weighted by molar-refractivity contribution is -0.139. The number of benzene rings is 3. The van der Waals surface area contributed by atoms with Crippen molar-refractivity contribution in [3.05, 3.63) is 106 Å². The molecule has 0 bridgehead atoms. The number of carbonyl (C=O) groups excluding carboxylic acids is 2. The Balaban J connectivity index is 1.57. The van der Waals surface area contributed by atoms with Crippen molar-refractivity contribution in [2.75, 3.05) is 6.54 Å². The van der Waals surface area contributed by atoms with E-state index in [-0.39, 0.29) is 23.6 Å². The molecule has 1 aromatic heterocycles. The molecule has 4 aromatic rings. The van der Waals surface area contributed by atoms with Gasteiger partial charge in [0.05, 0.1) is 11.6 Å². The van der Waals surface area contributed by atoms with Crippen LogP contribution >= 0.6 is 11.6 Å². The minimum Gasteiger partial charge on any atom is -0.508 e. The third-order valence-electron chi connectivity index (χ3n) is 6.14. The van der Waals surface area contributed by atoms with Gasteiger partial charge in [-0.2, -0.15) is 0 Å². The third kappa shape index (κ3) is 3.82. The lowest BCUT2D eigenvalue weighted by Gasteiger charge is -2.25. The van der Waals surface area contributed by atoms with Crippen molar-refractivity contribution >= 4 is 40.0 Å². The van der Waals surface area contributed by atoms with Crippen LogP contribution in [0.3, 0.4) is 0 Å². The summed E-state index contributed by atoms with van der Waals surface area (Å²) in [6.45, 7) is 0.268. The second-order valence-electron chi connectivity index (χ2n) is 8.20. The number of aliphatic hydroxyl groups is 1. The molecule has 1 amide bonds. The van der Waals surface area contributed by atoms with E-state index in [1.54, 1.807) is 36.4 Å². The molecule has 1 saturated heterocycles. The first-order chi connectivity index (χ1) is 16.4. The molecule has 0 saturated carbocycles. The summed E-state index contributed by atoms with van der Waals surface area (Å²) < 4.78 is 0. The van der Waals surface area contributed by atoms with Crippen molar-refractivity contribution in [3.63, 3.8) is 0 Å². The van der Waals surface area contributed by atoms with Gasteiger partial charge in [0.15, 0.2) is 0 Å². The molecule has 2 heterocycles. The molecule has 34 heavy (non-hydrogen) atoms. The number of aromatic amines is 1. The molecule has 6 nitrogen and oxygen atoms in total. The number of fused-ring (bicyclic) bond motifs is 1. The quantitative estimate of drug-likeness (QED) is 0.211. The summed E-state index contributed by atoms with van der Waals surface area (Å²) in [5.41, 5.74) is 2.98. The predicted molar refractivity (Wildman–Crippen MR) is 131 cm³/mol. The van der Waals surface area contributed by atoms with Gasteiger partial charge >= 0.3 is 0 Å². The van der Waals surface area contributed by atoms with Gasteiger partial charge in [-0.05, 0) is 47.9 Å². The normalized spacial score (nSPS) is 17.6. The molecular weight excluding hydrogens is 452 g/mol. The van der Waals surface area contributed by atoms with Crippen LogP contribution in [0.2, 0.25) is 5.02 Å². The molecule has 1 aliphatic rings. The van der Waals surface area contributed by atoms with Crippen LogP contribution in [0.15, 0.2) is 84.6 Å². The van der Waals surface area contributed by atoms with E-state index >= 15 is 0 Å². The Morgan fingerprint density at radius 1 is 1.00 bits per heavy atom. The number of ketones is 1. The Morgan fingerprint density at radius 3 is 2.53 bits per heavy atom. The second kappa shape index (κ2) is 8.72. The number of likely N-dealkylation sites (tertiary alicyclic amines) is 1. The van der Waals surface area contributed by atoms with Crippen molar-refractivity contribution in [1.29, 1.82) is 0 Å². The van der Waals surface area contributed by atoms with Gasteiger partial charge in [-0.15, -0.1) is 0 Å². The van der Waals surface area contributed by atoms with Crippen molar-refractivity contribution < 1.29 is 19.8 Å². The van der Waals surface area contributed by atoms with Crippen LogP contribution in [0.4, 0.5) is 0 Å². The summed E-state index contributed by atoms with van der Waals surface area (Å²) in [5.74, 6) is -1.65. The molecule has 1 fully saturated rings. The standard InChI is InChI=1S/C27H21ClN2O4/c28-19-5-3-4-17(14-19)25(32)23-24(16-8-10-20(31)11-9-16)30(27(34)26(23)33)13-12-18-15-29-22-7-2-1-6-21(18)22/h1-11,14-15,24,29,31-32H,12-13H2/b25-23+. The summed E-state index contributed by atoms with van der Waals surface area (Å²) in [7, 11) is 0. The van der Waals surface area contributed by atoms with E-state index < -0.39 is 17.7 Å². The molecule has 1 aliphatic heterocycles. The lowest BCUT2D eigenvalue weighted by Crippen LogP contribution is -2.31. The van der Waals surface area contributed by atoms with Gasteiger partial charge in [0, 0.05) is 34.2 Å². The number of amides is 1. The number of aromatic nitrogens is 1. The van der Waals surface area contributed by atoms with Crippen LogP contribution < -0.4 is 0 Å². The van der Waals surface area contributed by atoms with Crippen molar-refractivity contribution in [2.45, 2.75) is 12.5 Å². The topological polar surface area (TPSA) is 93.6 Å². The van der Waals surface area contributed by atoms with E-state index in [4.69, 9.17) is 11.6 Å². The molecule has 3 aromatic carbocycles. The maximum atomic E-state index is 13.1. The van der Waals surface area contributed by atoms with E-state index in [0.29, 0.717) is 22.6 Å². The Hall–Kier alpha value is -4.03. The smallest absolute Gasteiger partial charge is 0.295 e. The molecule has 1 atom stereocenters. The number of nitrogens with one attached hydrogen (secondary N) is 1. The summed E-state index contributed by atoms with van der Waals surface area (Å²) >= 11 is 6.09. The monoisotopic (exact) mass is 472 g/mol. The number of rotatable bonds is 5. The van der Waals surface area contributed by atoms with Crippen LogP contribution in [0.1, 0.15) is 22.7 Å². The minimum absolute atomic E-state index is 0.00289. The number of halogens is 1. The van der Waals surface area contributed by atoms with Gasteiger partial charge in [-0.3, -0.25) is 9.59 Å². The number of phenols is 1. The number of carbonyl (C=O) groups is 2. The largest absolute Gasteiger partial charge is 0.508 e. The van der Waals surface area contributed by atoms with Crippen LogP contribution in [0, 0.1) is 0 Å². The highest BCUT2D eigenvalue weighted by Gasteiger charge is 2.45. The number of nitrogens with zero attached hydrogens (tertiary/aromatic N) is 1. The number of phenolic OH excluding ortho intramolecular Hbond substituents is 1. The van der Waals surface area contributed by atoms with Gasteiger partial charge in [-0.25, -0.2) is 0 Å². The number of aliphatic hydroxyl groups excluding tert-OH is 1. The van der Waals surface area contributed by atoms with Crippen molar-refractivity contribution in [1.82, 2.24) is 9.88 Å². The fraction of sp³-hybridized carbons (Fsp3) is 0.111. The molecule has 0 radical (unpaired) electrons. The molecular formula is C27H21ClN2O4. The van der Waals surface area contributed by atoms with E-state index in [1.807, 2.05) is 30.5 Å². The lowest BCUT2D eigenvalue weighted by atomic mass is 9.95. The van der Waals surface area contributed by atoms with Crippen LogP contribution in [0.25, 0.3) is 16.7 Å². The zero-order valence-corrected chi connectivity index (χ0v) is 18.8. The maximum Gasteiger partial charge on any atom is 0.295 e. The predicted octanol–water partition coefficient (Wildman–Crippen LogP) is 5.19. The molecule has 1 unspecified atom stereocenters. The molecule has 3 N–H and O–H groups in total. The Morgan fingerprint density at radius 2 is 1.76 bits per heavy atom. The molecule has 7 heteroatoms. The van der Waals surface area contributed by atoms with Gasteiger partial charge in [-0.1, -0.05) is 54.1 Å². The number of para-hydroxylation sites is 1. The SMILES string of the molecule is O=C1C(=O)N(CCc2c[nH]c3ccccc23)C(c2ccc(O)cc2)/C1=C(\O)c1cccc(Cl)c1. The first-order valence-corrected chi connectivity index (χ1v) is 11.2.